The van der Waals surface area contributed by atoms with Crippen LogP contribution in [0.2, 0.25) is 0 Å². The van der Waals surface area contributed by atoms with Crippen LogP contribution in [0, 0.1) is 12.7 Å². The van der Waals surface area contributed by atoms with E-state index in [0.29, 0.717) is 12.1 Å². The number of nitrogens with two attached hydrogens (primary N) is 1. The molecule has 0 aromatic heterocycles. The Kier molecular flexibility index (Phi) is 4.40. The van der Waals surface area contributed by atoms with Crippen molar-refractivity contribution in [3.8, 4) is 0 Å². The first-order chi connectivity index (χ1) is 9.47. The molecule has 2 aromatic rings. The Bertz CT molecular complexity index is 576. The summed E-state index contributed by atoms with van der Waals surface area (Å²) in [6, 6.07) is 13.4. The van der Waals surface area contributed by atoms with Crippen LogP contribution in [0.3, 0.4) is 0 Å². The average Bonchev–Trinajstić information content (AvgIpc) is 2.38. The molecule has 3 heteroatoms. The molecule has 20 heavy (non-hydrogen) atoms. The minimum absolute atomic E-state index is 0.0371. The Hall–Kier alpha value is -1.87. The second-order valence-electron chi connectivity index (χ2n) is 5.36. The number of hydrogen-bond donors (Lipinski definition) is 1. The lowest BCUT2D eigenvalue weighted by Crippen LogP contribution is -2.18. The third kappa shape index (κ3) is 3.36. The van der Waals surface area contributed by atoms with E-state index in [-0.39, 0.29) is 11.9 Å². The van der Waals surface area contributed by atoms with Crippen molar-refractivity contribution in [1.29, 1.82) is 0 Å². The van der Waals surface area contributed by atoms with Gasteiger partial charge in [0.05, 0.1) is 5.69 Å². The molecule has 0 aliphatic heterocycles. The SMILES string of the molecule is Cc1ccc(N(C)c2ccc(CC(C)N)cc2F)cc1. The van der Waals surface area contributed by atoms with Crippen molar-refractivity contribution in [2.75, 3.05) is 11.9 Å². The summed E-state index contributed by atoms with van der Waals surface area (Å²) >= 11 is 0. The van der Waals surface area contributed by atoms with E-state index in [1.54, 1.807) is 6.07 Å². The van der Waals surface area contributed by atoms with Crippen LogP contribution in [-0.2, 0) is 6.42 Å². The first-order valence-electron chi connectivity index (χ1n) is 6.82. The molecule has 2 aromatic carbocycles. The molecule has 2 N–H and O–H groups in total. The van der Waals surface area contributed by atoms with E-state index in [2.05, 4.69) is 0 Å². The van der Waals surface area contributed by atoms with E-state index in [4.69, 9.17) is 5.73 Å². The number of benzene rings is 2. The fraction of sp³-hybridized carbons (Fsp3) is 0.294. The molecule has 0 aliphatic carbocycles. The normalized spacial score (nSPS) is 12.2. The molecule has 2 nitrogen and oxygen atoms in total. The summed E-state index contributed by atoms with van der Waals surface area (Å²) in [4.78, 5) is 1.85. The van der Waals surface area contributed by atoms with Gasteiger partial charge in [0.15, 0.2) is 0 Å². The Balaban J connectivity index is 2.26. The van der Waals surface area contributed by atoms with Gasteiger partial charge in [0.25, 0.3) is 0 Å². The molecule has 2 rings (SSSR count). The molecule has 0 amide bonds. The highest BCUT2D eigenvalue weighted by Gasteiger charge is 2.10. The largest absolute Gasteiger partial charge is 0.342 e. The van der Waals surface area contributed by atoms with Crippen LogP contribution in [0.15, 0.2) is 42.5 Å². The van der Waals surface area contributed by atoms with Gasteiger partial charge in [-0.1, -0.05) is 23.8 Å². The summed E-state index contributed by atoms with van der Waals surface area (Å²) < 4.78 is 14.2. The van der Waals surface area contributed by atoms with Gasteiger partial charge in [-0.2, -0.15) is 0 Å². The highest BCUT2D eigenvalue weighted by atomic mass is 19.1. The van der Waals surface area contributed by atoms with Crippen LogP contribution < -0.4 is 10.6 Å². The summed E-state index contributed by atoms with van der Waals surface area (Å²) in [6.07, 6.45) is 0.686. The van der Waals surface area contributed by atoms with Crippen LogP contribution in [0.5, 0.6) is 0 Å². The first kappa shape index (κ1) is 14.5. The summed E-state index contributed by atoms with van der Waals surface area (Å²) in [7, 11) is 1.87. The predicted molar refractivity (Wildman–Crippen MR) is 83.0 cm³/mol. The second kappa shape index (κ2) is 6.06. The van der Waals surface area contributed by atoms with Crippen LogP contribution in [0.4, 0.5) is 15.8 Å². The summed E-state index contributed by atoms with van der Waals surface area (Å²) in [5.41, 5.74) is 9.40. The highest BCUT2D eigenvalue weighted by molar-refractivity contribution is 5.63. The molecule has 1 atom stereocenters. The Morgan fingerprint density at radius 3 is 2.35 bits per heavy atom. The lowest BCUT2D eigenvalue weighted by Gasteiger charge is -2.21. The zero-order valence-corrected chi connectivity index (χ0v) is 12.2. The lowest BCUT2D eigenvalue weighted by molar-refractivity contribution is 0.622. The molecule has 0 fully saturated rings. The number of anilines is 2. The molecule has 0 heterocycles. The summed E-state index contributed by atoms with van der Waals surface area (Å²) in [5, 5.41) is 0. The third-order valence-electron chi connectivity index (χ3n) is 3.35. The minimum atomic E-state index is -0.216. The zero-order valence-electron chi connectivity index (χ0n) is 12.2. The van der Waals surface area contributed by atoms with Gasteiger partial charge in [0.1, 0.15) is 5.82 Å². The molecule has 0 spiro atoms. The maximum Gasteiger partial charge on any atom is 0.147 e. The lowest BCUT2D eigenvalue weighted by atomic mass is 10.1. The number of hydrogen-bond acceptors (Lipinski definition) is 2. The molecular formula is C17H21FN2. The monoisotopic (exact) mass is 272 g/mol. The molecule has 106 valence electrons. The second-order valence-corrected chi connectivity index (χ2v) is 5.36. The number of rotatable bonds is 4. The Labute approximate surface area is 120 Å². The highest BCUT2D eigenvalue weighted by Crippen LogP contribution is 2.27. The van der Waals surface area contributed by atoms with Crippen LogP contribution in [0.25, 0.3) is 0 Å². The van der Waals surface area contributed by atoms with Crippen LogP contribution in [-0.4, -0.2) is 13.1 Å². The fourth-order valence-electron chi connectivity index (χ4n) is 2.23. The van der Waals surface area contributed by atoms with Crippen LogP contribution >= 0.6 is 0 Å². The van der Waals surface area contributed by atoms with Crippen LogP contribution in [0.1, 0.15) is 18.1 Å². The number of halogens is 1. The van der Waals surface area contributed by atoms with Crippen molar-refractivity contribution in [3.05, 3.63) is 59.4 Å². The molecule has 0 saturated heterocycles. The van der Waals surface area contributed by atoms with E-state index >= 15 is 0 Å². The smallest absolute Gasteiger partial charge is 0.147 e. The predicted octanol–water partition coefficient (Wildman–Crippen LogP) is 3.79. The number of aryl methyl sites for hydroxylation is 1. The molecule has 0 bridgehead atoms. The first-order valence-corrected chi connectivity index (χ1v) is 6.82. The van der Waals surface area contributed by atoms with Crippen molar-refractivity contribution in [2.45, 2.75) is 26.3 Å². The van der Waals surface area contributed by atoms with Gasteiger partial charge in [0, 0.05) is 18.8 Å². The topological polar surface area (TPSA) is 29.3 Å². The van der Waals surface area contributed by atoms with Gasteiger partial charge in [-0.25, -0.2) is 4.39 Å². The van der Waals surface area contributed by atoms with Gasteiger partial charge in [-0.15, -0.1) is 0 Å². The molecule has 1 unspecified atom stereocenters. The van der Waals surface area contributed by atoms with E-state index in [1.165, 1.54) is 5.56 Å². The van der Waals surface area contributed by atoms with Gasteiger partial charge in [-0.05, 0) is 50.1 Å². The molecular weight excluding hydrogens is 251 g/mol. The van der Waals surface area contributed by atoms with Gasteiger partial charge in [-0.3, -0.25) is 0 Å². The average molecular weight is 272 g/mol. The standard InChI is InChI=1S/C17H21FN2/c1-12-4-7-15(8-5-12)20(3)17-9-6-14(10-13(2)19)11-16(17)18/h4-9,11,13H,10,19H2,1-3H3. The van der Waals surface area contributed by atoms with Gasteiger partial charge >= 0.3 is 0 Å². The quantitative estimate of drug-likeness (QED) is 0.917. The number of nitrogens with zero attached hydrogens (tertiary/aromatic N) is 1. The maximum atomic E-state index is 14.2. The third-order valence-corrected chi connectivity index (χ3v) is 3.35. The van der Waals surface area contributed by atoms with Crippen molar-refractivity contribution < 1.29 is 4.39 Å². The van der Waals surface area contributed by atoms with Gasteiger partial charge in [0.2, 0.25) is 0 Å². The van der Waals surface area contributed by atoms with E-state index in [9.17, 15) is 4.39 Å². The minimum Gasteiger partial charge on any atom is -0.342 e. The summed E-state index contributed by atoms with van der Waals surface area (Å²) in [5.74, 6) is -0.216. The van der Waals surface area contributed by atoms with Crippen molar-refractivity contribution in [3.63, 3.8) is 0 Å². The van der Waals surface area contributed by atoms with E-state index < -0.39 is 0 Å². The molecule has 0 aliphatic rings. The van der Waals surface area contributed by atoms with Crippen molar-refractivity contribution >= 4 is 11.4 Å². The Morgan fingerprint density at radius 1 is 1.15 bits per heavy atom. The van der Waals surface area contributed by atoms with E-state index in [1.807, 2.05) is 62.2 Å². The maximum absolute atomic E-state index is 14.2. The Morgan fingerprint density at radius 2 is 1.80 bits per heavy atom. The zero-order chi connectivity index (χ0) is 14.7. The fourth-order valence-corrected chi connectivity index (χ4v) is 2.23. The van der Waals surface area contributed by atoms with Crippen molar-refractivity contribution in [2.24, 2.45) is 5.73 Å². The van der Waals surface area contributed by atoms with Gasteiger partial charge < -0.3 is 10.6 Å². The molecule has 0 saturated carbocycles. The van der Waals surface area contributed by atoms with E-state index in [0.717, 1.165) is 11.3 Å². The molecule has 0 radical (unpaired) electrons. The van der Waals surface area contributed by atoms with Crippen molar-refractivity contribution in [1.82, 2.24) is 0 Å². The summed E-state index contributed by atoms with van der Waals surface area (Å²) in [6.45, 7) is 3.96.